The summed E-state index contributed by atoms with van der Waals surface area (Å²) in [4.78, 5) is 23.3. The van der Waals surface area contributed by atoms with E-state index in [0.29, 0.717) is 11.1 Å². The molecule has 2 aromatic carbocycles. The Morgan fingerprint density at radius 1 is 0.789 bits per heavy atom. The van der Waals surface area contributed by atoms with Gasteiger partial charge in [0.15, 0.2) is 0 Å². The number of nitrogens with one attached hydrogen (secondary N) is 1. The molecular formula is C16H11NO2. The van der Waals surface area contributed by atoms with Gasteiger partial charge in [0.05, 0.1) is 11.1 Å². The lowest BCUT2D eigenvalue weighted by Crippen LogP contribution is -2.20. The number of benzene rings is 2. The van der Waals surface area contributed by atoms with Crippen LogP contribution in [0.25, 0.3) is 12.2 Å². The van der Waals surface area contributed by atoms with Gasteiger partial charge in [0.2, 0.25) is 0 Å². The van der Waals surface area contributed by atoms with Gasteiger partial charge in [-0.05, 0) is 17.2 Å². The summed E-state index contributed by atoms with van der Waals surface area (Å²) in [6.45, 7) is 0. The van der Waals surface area contributed by atoms with E-state index in [1.54, 1.807) is 12.1 Å². The normalized spacial score (nSPS) is 13.7. The third-order valence-electron chi connectivity index (χ3n) is 3.05. The number of rotatable bonds is 2. The highest BCUT2D eigenvalue weighted by molar-refractivity contribution is 6.23. The Morgan fingerprint density at radius 3 is 2.37 bits per heavy atom. The highest BCUT2D eigenvalue weighted by Crippen LogP contribution is 2.21. The van der Waals surface area contributed by atoms with Crippen molar-refractivity contribution in [3.8, 4) is 0 Å². The van der Waals surface area contributed by atoms with Crippen molar-refractivity contribution in [2.75, 3.05) is 0 Å². The van der Waals surface area contributed by atoms with Gasteiger partial charge in [0.25, 0.3) is 11.8 Å². The van der Waals surface area contributed by atoms with Crippen LogP contribution in [0.15, 0.2) is 48.5 Å². The first-order chi connectivity index (χ1) is 9.25. The summed E-state index contributed by atoms with van der Waals surface area (Å²) in [7, 11) is 0. The lowest BCUT2D eigenvalue weighted by atomic mass is 10.0. The molecule has 0 unspecified atom stereocenters. The second-order valence-corrected chi connectivity index (χ2v) is 4.30. The molecule has 0 atom stereocenters. The van der Waals surface area contributed by atoms with E-state index in [4.69, 9.17) is 0 Å². The Bertz CT molecular complexity index is 687. The Morgan fingerprint density at radius 2 is 1.58 bits per heavy atom. The molecule has 0 aliphatic carbocycles. The summed E-state index contributed by atoms with van der Waals surface area (Å²) < 4.78 is 0. The van der Waals surface area contributed by atoms with E-state index in [-0.39, 0.29) is 11.8 Å². The number of carbonyl (C=O) groups excluding carboxylic acids is 2. The fraction of sp³-hybridized carbons (Fsp3) is 0. The van der Waals surface area contributed by atoms with Crippen LogP contribution in [0.1, 0.15) is 31.8 Å². The average molecular weight is 249 g/mol. The Balaban J connectivity index is 2.02. The first-order valence-corrected chi connectivity index (χ1v) is 5.97. The number of hydrogen-bond donors (Lipinski definition) is 1. The lowest BCUT2D eigenvalue weighted by Gasteiger charge is -2.00. The van der Waals surface area contributed by atoms with Gasteiger partial charge in [-0.3, -0.25) is 14.9 Å². The highest BCUT2D eigenvalue weighted by Gasteiger charge is 2.28. The molecule has 92 valence electrons. The first kappa shape index (κ1) is 11.4. The van der Waals surface area contributed by atoms with Crippen molar-refractivity contribution in [2.24, 2.45) is 0 Å². The number of hydrogen-bond acceptors (Lipinski definition) is 2. The summed E-state index contributed by atoms with van der Waals surface area (Å²) in [5, 5.41) is 2.31. The topological polar surface area (TPSA) is 46.2 Å². The standard InChI is InChI=1S/C16H11NO2/c18-15-13-8-4-7-12(14(13)16(19)17-15)10-9-11-5-2-1-3-6-11/h1-10H,(H,17,18,19)/b10-9+. The molecule has 1 heterocycles. The molecule has 1 aliphatic heterocycles. The molecule has 0 aromatic heterocycles. The fourth-order valence-electron chi connectivity index (χ4n) is 2.13. The minimum absolute atomic E-state index is 0.324. The molecule has 2 amide bonds. The van der Waals surface area contributed by atoms with Crippen LogP contribution in [0, 0.1) is 0 Å². The van der Waals surface area contributed by atoms with Gasteiger partial charge in [-0.2, -0.15) is 0 Å². The number of imide groups is 1. The monoisotopic (exact) mass is 249 g/mol. The number of fused-ring (bicyclic) bond motifs is 1. The van der Waals surface area contributed by atoms with Crippen molar-refractivity contribution in [1.29, 1.82) is 0 Å². The van der Waals surface area contributed by atoms with E-state index in [0.717, 1.165) is 11.1 Å². The van der Waals surface area contributed by atoms with Crippen molar-refractivity contribution < 1.29 is 9.59 Å². The van der Waals surface area contributed by atoms with Crippen molar-refractivity contribution in [3.63, 3.8) is 0 Å². The van der Waals surface area contributed by atoms with Crippen LogP contribution in [-0.2, 0) is 0 Å². The van der Waals surface area contributed by atoms with E-state index in [9.17, 15) is 9.59 Å². The zero-order valence-electron chi connectivity index (χ0n) is 10.1. The first-order valence-electron chi connectivity index (χ1n) is 5.97. The van der Waals surface area contributed by atoms with Crippen LogP contribution in [0.2, 0.25) is 0 Å². The van der Waals surface area contributed by atoms with Crippen molar-refractivity contribution >= 4 is 24.0 Å². The Kier molecular flexibility index (Phi) is 2.72. The molecule has 0 bridgehead atoms. The maximum Gasteiger partial charge on any atom is 0.259 e. The van der Waals surface area contributed by atoms with Crippen LogP contribution in [0.5, 0.6) is 0 Å². The molecule has 0 saturated carbocycles. The Labute approximate surface area is 110 Å². The van der Waals surface area contributed by atoms with Gasteiger partial charge in [0, 0.05) is 0 Å². The van der Waals surface area contributed by atoms with Gasteiger partial charge in [-0.1, -0.05) is 54.6 Å². The zero-order chi connectivity index (χ0) is 13.2. The molecule has 19 heavy (non-hydrogen) atoms. The molecule has 3 rings (SSSR count). The minimum atomic E-state index is -0.326. The molecule has 2 aromatic rings. The summed E-state index contributed by atoms with van der Waals surface area (Å²) in [6.07, 6.45) is 3.78. The van der Waals surface area contributed by atoms with Crippen LogP contribution in [0.4, 0.5) is 0 Å². The highest BCUT2D eigenvalue weighted by atomic mass is 16.2. The van der Waals surface area contributed by atoms with E-state index < -0.39 is 0 Å². The maximum atomic E-state index is 11.7. The molecule has 3 nitrogen and oxygen atoms in total. The number of carbonyl (C=O) groups is 2. The van der Waals surface area contributed by atoms with Gasteiger partial charge in [-0.25, -0.2) is 0 Å². The van der Waals surface area contributed by atoms with E-state index >= 15 is 0 Å². The molecule has 1 aliphatic rings. The molecule has 0 fully saturated rings. The summed E-state index contributed by atoms with van der Waals surface area (Å²) in [6, 6.07) is 15.1. The maximum absolute atomic E-state index is 11.7. The smallest absolute Gasteiger partial charge is 0.259 e. The SMILES string of the molecule is O=C1NC(=O)c2c(/C=C/c3ccccc3)cccc21. The van der Waals surface area contributed by atoms with Crippen molar-refractivity contribution in [1.82, 2.24) is 5.32 Å². The van der Waals surface area contributed by atoms with Crippen LogP contribution >= 0.6 is 0 Å². The molecule has 0 spiro atoms. The predicted molar refractivity (Wildman–Crippen MR) is 73.6 cm³/mol. The van der Waals surface area contributed by atoms with E-state index in [2.05, 4.69) is 5.32 Å². The van der Waals surface area contributed by atoms with Crippen LogP contribution < -0.4 is 5.32 Å². The van der Waals surface area contributed by atoms with Gasteiger partial charge >= 0.3 is 0 Å². The second-order valence-electron chi connectivity index (χ2n) is 4.30. The summed E-state index contributed by atoms with van der Waals surface area (Å²) >= 11 is 0. The van der Waals surface area contributed by atoms with Crippen molar-refractivity contribution in [2.45, 2.75) is 0 Å². The van der Waals surface area contributed by atoms with Gasteiger partial charge < -0.3 is 0 Å². The molecular weight excluding hydrogens is 238 g/mol. The third kappa shape index (κ3) is 2.06. The second kappa shape index (κ2) is 4.53. The molecule has 1 N–H and O–H groups in total. The fourth-order valence-corrected chi connectivity index (χ4v) is 2.13. The van der Waals surface area contributed by atoms with Crippen LogP contribution in [-0.4, -0.2) is 11.8 Å². The number of amides is 2. The molecule has 0 saturated heterocycles. The van der Waals surface area contributed by atoms with Gasteiger partial charge in [-0.15, -0.1) is 0 Å². The average Bonchev–Trinajstić information content (AvgIpc) is 2.74. The molecule has 0 radical (unpaired) electrons. The predicted octanol–water partition coefficient (Wildman–Crippen LogP) is 2.74. The quantitative estimate of drug-likeness (QED) is 0.657. The molecule has 3 heteroatoms. The van der Waals surface area contributed by atoms with Crippen molar-refractivity contribution in [3.05, 3.63) is 70.8 Å². The summed E-state index contributed by atoms with van der Waals surface area (Å²) in [5.41, 5.74) is 2.70. The zero-order valence-corrected chi connectivity index (χ0v) is 10.1. The van der Waals surface area contributed by atoms with E-state index in [1.807, 2.05) is 48.6 Å². The van der Waals surface area contributed by atoms with E-state index in [1.165, 1.54) is 0 Å². The summed E-state index contributed by atoms with van der Waals surface area (Å²) in [5.74, 6) is -0.650. The third-order valence-corrected chi connectivity index (χ3v) is 3.05. The van der Waals surface area contributed by atoms with Crippen LogP contribution in [0.3, 0.4) is 0 Å². The minimum Gasteiger partial charge on any atom is -0.288 e. The largest absolute Gasteiger partial charge is 0.288 e. The Hall–Kier alpha value is -2.68. The lowest BCUT2D eigenvalue weighted by molar-refractivity contribution is 0.0879. The van der Waals surface area contributed by atoms with Gasteiger partial charge in [0.1, 0.15) is 0 Å².